The number of nitrogens with one attached hydrogen (secondary N) is 3. The van der Waals surface area contributed by atoms with Gasteiger partial charge in [0.15, 0.2) is 17.5 Å². The third kappa shape index (κ3) is 20.7. The highest BCUT2D eigenvalue weighted by Crippen LogP contribution is 2.36. The van der Waals surface area contributed by atoms with Crippen molar-refractivity contribution in [2.75, 3.05) is 50.1 Å². The lowest BCUT2D eigenvalue weighted by atomic mass is 10.0. The summed E-state index contributed by atoms with van der Waals surface area (Å²) in [4.78, 5) is 63.1. The number of allylic oxidation sites excluding steroid dienone is 1. The number of carboxylic acids is 1. The normalized spacial score (nSPS) is 15.4. The van der Waals surface area contributed by atoms with E-state index < -0.39 is 64.8 Å². The molecule has 6 aromatic carbocycles. The average Bonchev–Trinajstić information content (AvgIpc) is 2.92. The molecule has 0 aliphatic carbocycles. The standard InChI is InChI=1S/C21H22ClFN2O3.C16H14ClFN2O.C12H9ClFN.C9H15NO4.C6H12ClN.ClH/c1-21(2,3)28-20(27)25-12-11-17(25)19(26)24-16-10-6-8-14(18(16)23)13-7-4-5-9-15(13)22;17-12-6-2-1-4-10(12)11-5-3-7-13(15(11)18)20-16(21)14-8-9-19-14;13-10-6-2-1-4-8(10)9-5-3-7-11(15)12(9)14;1-9(2,3)14-8(13)10-5-4-6(10)7(11)12;1-5(2)6(7)8(3)4;/h4-10,17H,11-12H2,1-3H3,(H,24,26);1-7,14,19H,8-9H2,(H,20,21);1-7H,15H2;6H,4-5H2,1-3H3,(H,11,12);1-4H3;1H/t17-;14-;;6-;;/m00.0../s1. The zero-order chi connectivity index (χ0) is 63.8. The van der Waals surface area contributed by atoms with E-state index in [-0.39, 0.29) is 41.4 Å². The number of nitrogen functional groups attached to an aromatic ring is 1. The molecule has 3 heterocycles. The molecule has 468 valence electrons. The highest BCUT2D eigenvalue weighted by molar-refractivity contribution is 6.34. The topological polar surface area (TPSA) is 196 Å². The number of carbonyl (C=O) groups excluding carboxylic acids is 4. The molecule has 9 rings (SSSR count). The van der Waals surface area contributed by atoms with Crippen LogP contribution in [-0.2, 0) is 23.9 Å². The van der Waals surface area contributed by atoms with Crippen molar-refractivity contribution >= 4 is 106 Å². The van der Waals surface area contributed by atoms with Crippen molar-refractivity contribution in [3.05, 3.63) is 171 Å². The Hall–Kier alpha value is -7.19. The summed E-state index contributed by atoms with van der Waals surface area (Å²) in [5.41, 5.74) is 8.66. The number of anilines is 3. The van der Waals surface area contributed by atoms with Gasteiger partial charge < -0.3 is 41.2 Å². The van der Waals surface area contributed by atoms with Gasteiger partial charge in [0.25, 0.3) is 0 Å². The summed E-state index contributed by atoms with van der Waals surface area (Å²) >= 11 is 24.0. The monoisotopic (exact) mass is 1300 g/mol. The Kier molecular flexibility index (Phi) is 27.2. The van der Waals surface area contributed by atoms with Gasteiger partial charge >= 0.3 is 18.2 Å². The first-order chi connectivity index (χ1) is 40.4. The van der Waals surface area contributed by atoms with E-state index in [0.717, 1.165) is 23.7 Å². The van der Waals surface area contributed by atoms with E-state index >= 15 is 0 Å². The Balaban J connectivity index is 0.000000245. The van der Waals surface area contributed by atoms with Gasteiger partial charge in [-0.05, 0) is 123 Å². The van der Waals surface area contributed by atoms with E-state index in [0.29, 0.717) is 74.4 Å². The molecule has 0 spiro atoms. The Morgan fingerprint density at radius 3 is 1.24 bits per heavy atom. The van der Waals surface area contributed by atoms with Gasteiger partial charge in [0.1, 0.15) is 28.4 Å². The van der Waals surface area contributed by atoms with Crippen molar-refractivity contribution in [1.82, 2.24) is 20.0 Å². The van der Waals surface area contributed by atoms with Crippen LogP contribution in [-0.4, -0.2) is 113 Å². The van der Waals surface area contributed by atoms with E-state index in [1.807, 2.05) is 38.9 Å². The molecule has 3 atom stereocenters. The number of ether oxygens (including phenoxy) is 2. The van der Waals surface area contributed by atoms with E-state index in [1.54, 1.807) is 151 Å². The summed E-state index contributed by atoms with van der Waals surface area (Å²) in [6.07, 6.45) is 0.684. The van der Waals surface area contributed by atoms with Gasteiger partial charge in [-0.25, -0.2) is 27.6 Å². The molecule has 4 amide bonds. The lowest BCUT2D eigenvalue weighted by Crippen LogP contribution is -2.57. The summed E-state index contributed by atoms with van der Waals surface area (Å²) in [7, 11) is 3.85. The summed E-state index contributed by atoms with van der Waals surface area (Å²) in [6.45, 7) is 16.2. The minimum atomic E-state index is -0.970. The van der Waals surface area contributed by atoms with Gasteiger partial charge in [0.05, 0.1) is 23.1 Å². The number of aliphatic carboxylic acids is 1. The summed E-state index contributed by atoms with van der Waals surface area (Å²) in [6, 6.07) is 33.9. The molecule has 0 aromatic heterocycles. The highest BCUT2D eigenvalue weighted by Gasteiger charge is 2.41. The first kappa shape index (κ1) is 72.3. The molecular weight excluding hydrogens is 1230 g/mol. The number of nitrogens with zero attached hydrogens (tertiary/aromatic N) is 3. The molecule has 0 bridgehead atoms. The quantitative estimate of drug-likeness (QED) is 0.0682. The van der Waals surface area contributed by atoms with Crippen LogP contribution in [0, 0.1) is 17.5 Å². The average molecular weight is 1300 g/mol. The summed E-state index contributed by atoms with van der Waals surface area (Å²) < 4.78 is 53.6. The maximum atomic E-state index is 15.0. The maximum Gasteiger partial charge on any atom is 0.411 e. The van der Waals surface area contributed by atoms with Crippen molar-refractivity contribution in [2.24, 2.45) is 0 Å². The molecule has 15 nitrogen and oxygen atoms in total. The molecule has 0 radical (unpaired) electrons. The Labute approximate surface area is 532 Å². The van der Waals surface area contributed by atoms with E-state index in [4.69, 9.17) is 66.7 Å². The van der Waals surface area contributed by atoms with Gasteiger partial charge in [0, 0.05) is 75.6 Å². The summed E-state index contributed by atoms with van der Waals surface area (Å²) in [5.74, 6) is -3.11. The summed E-state index contributed by atoms with van der Waals surface area (Å²) in [5, 5.41) is 19.1. The lowest BCUT2D eigenvalue weighted by Gasteiger charge is -2.40. The largest absolute Gasteiger partial charge is 0.480 e. The van der Waals surface area contributed by atoms with Crippen LogP contribution in [0.3, 0.4) is 0 Å². The van der Waals surface area contributed by atoms with E-state index in [1.165, 1.54) is 21.9 Å². The number of halogens is 8. The Bertz CT molecular complexity index is 3410. The van der Waals surface area contributed by atoms with Crippen LogP contribution in [0.2, 0.25) is 15.1 Å². The first-order valence-electron chi connectivity index (χ1n) is 27.3. The lowest BCUT2D eigenvalue weighted by molar-refractivity contribution is -0.147. The van der Waals surface area contributed by atoms with Gasteiger partial charge in [0.2, 0.25) is 11.8 Å². The fraction of sp³-hybridized carbons (Fsp3) is 0.328. The van der Waals surface area contributed by atoms with Gasteiger partial charge in [-0.3, -0.25) is 19.4 Å². The first-order valence-corrected chi connectivity index (χ1v) is 28.8. The third-order valence-corrected chi connectivity index (χ3v) is 14.6. The SMILES string of the molecule is CC(C)(C)OC(=O)N1CC[C@H]1C(=O)Nc1cccc(-c2ccccc2Cl)c1F.CC(C)(C)OC(=O)N1CC[C@H]1C(=O)O.CC(C)=C(Cl)N(C)C.Cl.Nc1cccc(-c2ccccc2Cl)c1F.O=C(Nc1cccc(-c2ccccc2Cl)c1F)[C@@H]1CCN1. The molecule has 3 aliphatic rings. The molecule has 0 unspecified atom stereocenters. The van der Waals surface area contributed by atoms with Crippen LogP contribution in [0.5, 0.6) is 0 Å². The van der Waals surface area contributed by atoms with Crippen molar-refractivity contribution < 1.29 is 51.7 Å². The van der Waals surface area contributed by atoms with Crippen LogP contribution < -0.4 is 21.7 Å². The minimum Gasteiger partial charge on any atom is -0.480 e. The van der Waals surface area contributed by atoms with Crippen LogP contribution in [0.4, 0.5) is 39.8 Å². The second kappa shape index (κ2) is 32.7. The van der Waals surface area contributed by atoms with Crippen LogP contribution in [0.25, 0.3) is 33.4 Å². The van der Waals surface area contributed by atoms with Gasteiger partial charge in [-0.15, -0.1) is 12.4 Å². The maximum absolute atomic E-state index is 15.0. The second-order valence-electron chi connectivity index (χ2n) is 22.2. The number of hydrogen-bond acceptors (Lipinski definition) is 10. The minimum absolute atomic E-state index is 0. The van der Waals surface area contributed by atoms with Crippen LogP contribution in [0.1, 0.15) is 74.7 Å². The van der Waals surface area contributed by atoms with Crippen LogP contribution >= 0.6 is 58.8 Å². The van der Waals surface area contributed by atoms with Crippen molar-refractivity contribution in [1.29, 1.82) is 0 Å². The van der Waals surface area contributed by atoms with E-state index in [9.17, 15) is 37.1 Å². The molecule has 3 fully saturated rings. The molecule has 23 heteroatoms. The van der Waals surface area contributed by atoms with Crippen molar-refractivity contribution in [2.45, 2.75) is 104 Å². The number of nitrogens with two attached hydrogens (primary N) is 1. The second-order valence-corrected chi connectivity index (χ2v) is 23.8. The predicted octanol–water partition coefficient (Wildman–Crippen LogP) is 15.8. The number of carbonyl (C=O) groups is 5. The fourth-order valence-corrected chi connectivity index (χ4v) is 8.96. The number of carboxylic acid groups (broad SMARTS) is 1. The Morgan fingerprint density at radius 1 is 0.575 bits per heavy atom. The number of rotatable bonds is 9. The van der Waals surface area contributed by atoms with Gasteiger partial charge in [-0.2, -0.15) is 0 Å². The smallest absolute Gasteiger partial charge is 0.411 e. The zero-order valence-electron chi connectivity index (χ0n) is 49.9. The van der Waals surface area contributed by atoms with Crippen molar-refractivity contribution in [3.8, 4) is 33.4 Å². The fourth-order valence-electron chi connectivity index (χ4n) is 8.25. The number of hydrogen-bond donors (Lipinski definition) is 5. The molecule has 0 saturated carbocycles. The Morgan fingerprint density at radius 2 is 0.931 bits per heavy atom. The van der Waals surface area contributed by atoms with Crippen LogP contribution in [0.15, 0.2) is 138 Å². The van der Waals surface area contributed by atoms with Crippen molar-refractivity contribution in [3.63, 3.8) is 0 Å². The molecule has 3 saturated heterocycles. The molecule has 3 aliphatic heterocycles. The van der Waals surface area contributed by atoms with Gasteiger partial charge in [-0.1, -0.05) is 137 Å². The molecule has 87 heavy (non-hydrogen) atoms. The number of likely N-dealkylation sites (tertiary alicyclic amines) is 2. The molecule has 6 N–H and O–H groups in total. The van der Waals surface area contributed by atoms with E-state index in [2.05, 4.69) is 16.0 Å². The highest BCUT2D eigenvalue weighted by atomic mass is 35.5. The molecule has 6 aromatic rings. The number of amides is 4. The number of benzene rings is 6. The molecular formula is C64H73Cl5F3N7O8. The predicted molar refractivity (Wildman–Crippen MR) is 344 cm³/mol. The zero-order valence-corrected chi connectivity index (χ0v) is 53.7. The third-order valence-electron chi connectivity index (χ3n) is 12.9.